The van der Waals surface area contributed by atoms with Crippen LogP contribution in [0.1, 0.15) is 65.6 Å². The fourth-order valence-electron chi connectivity index (χ4n) is 6.43. The highest BCUT2D eigenvalue weighted by Gasteiger charge is 2.60. The molecular weight excluding hydrogens is 328 g/mol. The lowest BCUT2D eigenvalue weighted by atomic mass is 9.48. The maximum Gasteiger partial charge on any atom is 0.312 e. The van der Waals surface area contributed by atoms with E-state index in [2.05, 4.69) is 0 Å². The van der Waals surface area contributed by atoms with Gasteiger partial charge in [0.2, 0.25) is 5.78 Å². The van der Waals surface area contributed by atoms with Crippen LogP contribution in [0, 0.1) is 38.0 Å². The smallest absolute Gasteiger partial charge is 0.312 e. The van der Waals surface area contributed by atoms with Gasteiger partial charge in [0.15, 0.2) is 6.61 Å². The molecule has 4 atom stereocenters. The first-order valence-electron chi connectivity index (χ1n) is 9.70. The predicted octanol–water partition coefficient (Wildman–Crippen LogP) is 3.67. The van der Waals surface area contributed by atoms with Crippen molar-refractivity contribution in [1.29, 1.82) is 0 Å². The number of esters is 1. The van der Waals surface area contributed by atoms with Crippen molar-refractivity contribution in [3.8, 4) is 0 Å². The van der Waals surface area contributed by atoms with Crippen molar-refractivity contribution in [3.63, 3.8) is 0 Å². The predicted molar refractivity (Wildman–Crippen MR) is 98.0 cm³/mol. The summed E-state index contributed by atoms with van der Waals surface area (Å²) in [5.41, 5.74) is 2.36. The molecule has 4 aliphatic carbocycles. The normalized spacial score (nSPS) is 34.8. The third kappa shape index (κ3) is 2.88. The van der Waals surface area contributed by atoms with Crippen LogP contribution in [0.4, 0.5) is 0 Å². The van der Waals surface area contributed by atoms with Crippen LogP contribution in [-0.2, 0) is 9.53 Å². The lowest BCUT2D eigenvalue weighted by Gasteiger charge is -2.58. The second-order valence-corrected chi connectivity index (χ2v) is 9.24. The number of hydrogen-bond acceptors (Lipinski definition) is 4. The highest BCUT2D eigenvalue weighted by molar-refractivity contribution is 6.00. The monoisotopic (exact) mass is 356 g/mol. The van der Waals surface area contributed by atoms with Crippen molar-refractivity contribution in [1.82, 2.24) is 0 Å². The van der Waals surface area contributed by atoms with Crippen molar-refractivity contribution in [2.45, 2.75) is 64.9 Å². The molecule has 1 aromatic rings. The summed E-state index contributed by atoms with van der Waals surface area (Å²) in [4.78, 5) is 25.6. The second-order valence-electron chi connectivity index (χ2n) is 9.24. The molecule has 4 fully saturated rings. The lowest BCUT2D eigenvalue weighted by molar-refractivity contribution is -0.195. The van der Waals surface area contributed by atoms with Gasteiger partial charge in [0, 0.05) is 5.56 Å². The molecule has 0 radical (unpaired) electrons. The fourth-order valence-corrected chi connectivity index (χ4v) is 6.43. The lowest BCUT2D eigenvalue weighted by Crippen LogP contribution is -2.58. The van der Waals surface area contributed by atoms with Crippen LogP contribution in [-0.4, -0.2) is 29.1 Å². The number of Topliss-reactive ketones (excluding diaryl/α,β-unsaturated/α-hetero) is 1. The minimum Gasteiger partial charge on any atom is -0.457 e. The number of benzene rings is 1. The Morgan fingerprint density at radius 3 is 2.19 bits per heavy atom. The van der Waals surface area contributed by atoms with Gasteiger partial charge >= 0.3 is 5.97 Å². The summed E-state index contributed by atoms with van der Waals surface area (Å²) in [6, 6.07) is 3.97. The second kappa shape index (κ2) is 5.91. The Hall–Kier alpha value is -1.68. The highest BCUT2D eigenvalue weighted by Crippen LogP contribution is 2.61. The first-order valence-corrected chi connectivity index (χ1v) is 9.70. The maximum atomic E-state index is 12.9. The van der Waals surface area contributed by atoms with E-state index >= 15 is 0 Å². The Morgan fingerprint density at radius 1 is 1.08 bits per heavy atom. The number of carbonyl (C=O) groups excluding carboxylic acids is 2. The topological polar surface area (TPSA) is 63.6 Å². The van der Waals surface area contributed by atoms with E-state index in [-0.39, 0.29) is 18.4 Å². The number of hydrogen-bond donors (Lipinski definition) is 1. The Bertz CT molecular complexity index is 741. The fraction of sp³-hybridized carbons (Fsp3) is 0.636. The molecule has 5 rings (SSSR count). The number of carbonyl (C=O) groups is 2. The number of ketones is 1. The van der Waals surface area contributed by atoms with Gasteiger partial charge in [0.1, 0.15) is 0 Å². The zero-order valence-electron chi connectivity index (χ0n) is 15.9. The third-order valence-corrected chi connectivity index (χ3v) is 6.75. The van der Waals surface area contributed by atoms with Crippen LogP contribution in [0.25, 0.3) is 0 Å². The zero-order valence-corrected chi connectivity index (χ0v) is 15.9. The number of ether oxygens (including phenoxy) is 1. The van der Waals surface area contributed by atoms with Crippen molar-refractivity contribution >= 4 is 11.8 Å². The van der Waals surface area contributed by atoms with Gasteiger partial charge in [-0.2, -0.15) is 0 Å². The average molecular weight is 356 g/mol. The summed E-state index contributed by atoms with van der Waals surface area (Å²) in [5, 5.41) is 10.8. The molecule has 2 unspecified atom stereocenters. The van der Waals surface area contributed by atoms with Crippen LogP contribution in [0.2, 0.25) is 0 Å². The van der Waals surface area contributed by atoms with Crippen LogP contribution in [0.3, 0.4) is 0 Å². The van der Waals surface area contributed by atoms with Crippen molar-refractivity contribution in [3.05, 3.63) is 34.4 Å². The SMILES string of the molecule is Cc1cc(C)c(C(=O)COC(=O)C23C[C@@H]4C[C@@H](CC(O)(C4)C2)C3)c(C)c1. The molecule has 140 valence electrons. The van der Waals surface area contributed by atoms with E-state index in [1.165, 1.54) is 0 Å². The van der Waals surface area contributed by atoms with Crippen molar-refractivity contribution in [2.75, 3.05) is 6.61 Å². The third-order valence-electron chi connectivity index (χ3n) is 6.75. The molecule has 4 aliphatic rings. The van der Waals surface area contributed by atoms with Gasteiger partial charge in [0.25, 0.3) is 0 Å². The van der Waals surface area contributed by atoms with E-state index in [1.807, 2.05) is 32.9 Å². The van der Waals surface area contributed by atoms with Gasteiger partial charge in [-0.25, -0.2) is 0 Å². The minimum absolute atomic E-state index is 0.142. The average Bonchev–Trinajstić information content (AvgIpc) is 2.49. The molecule has 0 aliphatic heterocycles. The van der Waals surface area contributed by atoms with Crippen LogP contribution in [0.5, 0.6) is 0 Å². The molecular formula is C22H28O4. The summed E-state index contributed by atoms with van der Waals surface area (Å²) in [6.07, 6.45) is 4.88. The molecule has 0 heterocycles. The summed E-state index contributed by atoms with van der Waals surface area (Å²) in [7, 11) is 0. The molecule has 1 aromatic carbocycles. The Balaban J connectivity index is 1.47. The molecule has 4 saturated carbocycles. The van der Waals surface area contributed by atoms with Gasteiger partial charge in [-0.3, -0.25) is 9.59 Å². The molecule has 0 spiro atoms. The number of rotatable bonds is 4. The Kier molecular flexibility index (Phi) is 4.03. The largest absolute Gasteiger partial charge is 0.457 e. The number of aryl methyl sites for hydroxylation is 3. The first kappa shape index (κ1) is 17.7. The molecule has 4 heteroatoms. The van der Waals surface area contributed by atoms with Gasteiger partial charge in [-0.15, -0.1) is 0 Å². The molecule has 0 aromatic heterocycles. The summed E-state index contributed by atoms with van der Waals surface area (Å²) >= 11 is 0. The van der Waals surface area contributed by atoms with Gasteiger partial charge in [-0.1, -0.05) is 17.7 Å². The maximum absolute atomic E-state index is 12.9. The van der Waals surface area contributed by atoms with Gasteiger partial charge < -0.3 is 9.84 Å². The number of aliphatic hydroxyl groups is 1. The molecule has 0 saturated heterocycles. The van der Waals surface area contributed by atoms with Crippen molar-refractivity contribution in [2.24, 2.45) is 17.3 Å². The summed E-state index contributed by atoms with van der Waals surface area (Å²) in [6.45, 7) is 5.64. The Morgan fingerprint density at radius 2 is 1.65 bits per heavy atom. The molecule has 26 heavy (non-hydrogen) atoms. The molecule has 4 nitrogen and oxygen atoms in total. The van der Waals surface area contributed by atoms with Gasteiger partial charge in [-0.05, 0) is 82.3 Å². The van der Waals surface area contributed by atoms with E-state index in [0.29, 0.717) is 23.8 Å². The zero-order chi connectivity index (χ0) is 18.7. The van der Waals surface area contributed by atoms with E-state index in [9.17, 15) is 14.7 Å². The van der Waals surface area contributed by atoms with E-state index in [4.69, 9.17) is 4.74 Å². The van der Waals surface area contributed by atoms with Crippen LogP contribution >= 0.6 is 0 Å². The van der Waals surface area contributed by atoms with Crippen LogP contribution in [0.15, 0.2) is 12.1 Å². The summed E-state index contributed by atoms with van der Waals surface area (Å²) < 4.78 is 5.53. The first-order chi connectivity index (χ1) is 12.2. The Labute approximate surface area is 154 Å². The standard InChI is InChI=1S/C22H28O4/c1-13-4-14(2)19(15(3)5-13)18(23)11-26-20(24)21-7-16-6-17(8-21)10-22(25,9-16)12-21/h4-5,16-17,25H,6-12H2,1-3H3/t16-,17+,21?,22?. The van der Waals surface area contributed by atoms with E-state index < -0.39 is 11.0 Å². The molecule has 1 N–H and O–H groups in total. The van der Waals surface area contributed by atoms with E-state index in [1.54, 1.807) is 0 Å². The van der Waals surface area contributed by atoms with Gasteiger partial charge in [0.05, 0.1) is 11.0 Å². The van der Waals surface area contributed by atoms with Crippen molar-refractivity contribution < 1.29 is 19.4 Å². The minimum atomic E-state index is -0.697. The van der Waals surface area contributed by atoms with E-state index in [0.717, 1.165) is 48.8 Å². The summed E-state index contributed by atoms with van der Waals surface area (Å²) in [5.74, 6) is 0.426. The molecule has 4 bridgehead atoms. The quantitative estimate of drug-likeness (QED) is 0.660. The van der Waals surface area contributed by atoms with Crippen LogP contribution < -0.4 is 0 Å². The highest BCUT2D eigenvalue weighted by atomic mass is 16.5. The molecule has 0 amide bonds.